The highest BCUT2D eigenvalue weighted by atomic mass is 16.6. The summed E-state index contributed by atoms with van der Waals surface area (Å²) in [5, 5.41) is 0. The zero-order valence-electron chi connectivity index (χ0n) is 44.2. The maximum Gasteiger partial charge on any atom is 0.306 e. The minimum absolute atomic E-state index is 0.0718. The number of carbonyl (C=O) groups is 3. The second-order valence-corrected chi connectivity index (χ2v) is 19.6. The molecular formula is C60H110O6. The largest absolute Gasteiger partial charge is 0.462 e. The Morgan fingerprint density at radius 1 is 0.303 bits per heavy atom. The van der Waals surface area contributed by atoms with Gasteiger partial charge in [0.15, 0.2) is 6.10 Å². The van der Waals surface area contributed by atoms with Crippen LogP contribution in [-0.2, 0) is 28.6 Å². The van der Waals surface area contributed by atoms with Gasteiger partial charge in [0.05, 0.1) is 0 Å². The summed E-state index contributed by atoms with van der Waals surface area (Å²) in [5.74, 6) is -0.878. The van der Waals surface area contributed by atoms with E-state index in [9.17, 15) is 14.4 Å². The van der Waals surface area contributed by atoms with E-state index < -0.39 is 6.10 Å². The lowest BCUT2D eigenvalue weighted by Crippen LogP contribution is -2.30. The molecule has 386 valence electrons. The van der Waals surface area contributed by atoms with Crippen LogP contribution in [0, 0.1) is 0 Å². The molecular weight excluding hydrogens is 817 g/mol. The number of rotatable bonds is 53. The standard InChI is InChI=1S/C60H110O6/c1-4-7-10-13-16-18-20-21-22-23-24-25-26-27-28-29-30-31-32-33-34-35-36-37-38-39-40-42-44-47-50-53-59(62)65-56-57(55-64-58(61)52-49-46-43-15-12-9-6-3)66-60(63)54-51-48-45-41-19-17-14-11-8-5-2/h11,14,20-21,23-24,57H,4-10,12-13,15-19,22,25-56H2,1-3H3/b14-11-,21-20-,24-23-. The molecule has 0 saturated heterocycles. The first-order chi connectivity index (χ1) is 32.5. The monoisotopic (exact) mass is 927 g/mol. The van der Waals surface area contributed by atoms with E-state index in [-0.39, 0.29) is 31.1 Å². The second-order valence-electron chi connectivity index (χ2n) is 19.6. The first kappa shape index (κ1) is 63.6. The molecule has 0 radical (unpaired) electrons. The fourth-order valence-corrected chi connectivity index (χ4v) is 8.48. The van der Waals surface area contributed by atoms with Crippen LogP contribution in [0.2, 0.25) is 0 Å². The number of esters is 3. The molecule has 66 heavy (non-hydrogen) atoms. The molecule has 1 atom stereocenters. The molecule has 0 aliphatic carbocycles. The molecule has 0 spiro atoms. The third-order valence-electron chi connectivity index (χ3n) is 12.8. The van der Waals surface area contributed by atoms with Gasteiger partial charge in [-0.3, -0.25) is 14.4 Å². The smallest absolute Gasteiger partial charge is 0.306 e. The Hall–Kier alpha value is -2.37. The van der Waals surface area contributed by atoms with Crippen molar-refractivity contribution in [2.75, 3.05) is 13.2 Å². The Labute approximate surface area is 410 Å². The third kappa shape index (κ3) is 52.6. The van der Waals surface area contributed by atoms with Gasteiger partial charge < -0.3 is 14.2 Å². The highest BCUT2D eigenvalue weighted by molar-refractivity contribution is 5.71. The minimum Gasteiger partial charge on any atom is -0.462 e. The molecule has 6 heteroatoms. The molecule has 0 aromatic heterocycles. The molecule has 1 unspecified atom stereocenters. The van der Waals surface area contributed by atoms with Crippen molar-refractivity contribution in [3.63, 3.8) is 0 Å². The first-order valence-corrected chi connectivity index (χ1v) is 29.0. The number of unbranched alkanes of at least 4 members (excludes halogenated alkanes) is 36. The van der Waals surface area contributed by atoms with Crippen LogP contribution in [0.3, 0.4) is 0 Å². The van der Waals surface area contributed by atoms with E-state index in [1.54, 1.807) is 0 Å². The molecule has 0 amide bonds. The van der Waals surface area contributed by atoms with Gasteiger partial charge in [0, 0.05) is 19.3 Å². The van der Waals surface area contributed by atoms with Crippen molar-refractivity contribution in [2.45, 2.75) is 316 Å². The third-order valence-corrected chi connectivity index (χ3v) is 12.8. The molecule has 0 aliphatic heterocycles. The molecule has 0 saturated carbocycles. The predicted octanol–water partition coefficient (Wildman–Crippen LogP) is 19.3. The van der Waals surface area contributed by atoms with Crippen LogP contribution in [-0.4, -0.2) is 37.2 Å². The summed E-state index contributed by atoms with van der Waals surface area (Å²) in [5.41, 5.74) is 0. The van der Waals surface area contributed by atoms with Crippen LogP contribution in [0.1, 0.15) is 310 Å². The zero-order valence-corrected chi connectivity index (χ0v) is 44.2. The Kier molecular flexibility index (Phi) is 53.2. The minimum atomic E-state index is -0.769. The van der Waals surface area contributed by atoms with E-state index in [1.807, 2.05) is 0 Å². The Bertz CT molecular complexity index is 1110. The number of hydrogen-bond acceptors (Lipinski definition) is 6. The molecule has 0 heterocycles. The van der Waals surface area contributed by atoms with Gasteiger partial charge in [0.25, 0.3) is 0 Å². The normalized spacial score (nSPS) is 12.2. The van der Waals surface area contributed by atoms with E-state index in [0.717, 1.165) is 83.5 Å². The molecule has 0 aromatic carbocycles. The summed E-state index contributed by atoms with van der Waals surface area (Å²) in [6.45, 7) is 6.54. The Morgan fingerprint density at radius 2 is 0.576 bits per heavy atom. The summed E-state index contributed by atoms with van der Waals surface area (Å²) in [6.07, 6.45) is 66.2. The van der Waals surface area contributed by atoms with Gasteiger partial charge in [-0.15, -0.1) is 0 Å². The fraction of sp³-hybridized carbons (Fsp3) is 0.850. The van der Waals surface area contributed by atoms with Crippen molar-refractivity contribution >= 4 is 17.9 Å². The maximum atomic E-state index is 12.7. The van der Waals surface area contributed by atoms with Gasteiger partial charge in [0.1, 0.15) is 13.2 Å². The fourth-order valence-electron chi connectivity index (χ4n) is 8.48. The summed E-state index contributed by atoms with van der Waals surface area (Å²) >= 11 is 0. The first-order valence-electron chi connectivity index (χ1n) is 29.0. The molecule has 0 bridgehead atoms. The van der Waals surface area contributed by atoms with E-state index in [0.29, 0.717) is 19.3 Å². The molecule has 6 nitrogen and oxygen atoms in total. The highest BCUT2D eigenvalue weighted by Crippen LogP contribution is 2.17. The van der Waals surface area contributed by atoms with E-state index >= 15 is 0 Å². The average molecular weight is 928 g/mol. The van der Waals surface area contributed by atoms with Crippen molar-refractivity contribution < 1.29 is 28.6 Å². The SMILES string of the molecule is CCC/C=C\CCCCCCCC(=O)OC(COC(=O)CCCCCCCCC)COC(=O)CCCCCCCCCCCCCCCCCCCCC/C=C\C/C=C\CCCCCCC. The van der Waals surface area contributed by atoms with Crippen LogP contribution in [0.4, 0.5) is 0 Å². The quantitative estimate of drug-likeness (QED) is 0.0262. The zero-order chi connectivity index (χ0) is 47.9. The second kappa shape index (κ2) is 55.2. The Morgan fingerprint density at radius 3 is 0.909 bits per heavy atom. The molecule has 0 rings (SSSR count). The van der Waals surface area contributed by atoms with Crippen molar-refractivity contribution in [1.82, 2.24) is 0 Å². The van der Waals surface area contributed by atoms with Crippen LogP contribution in [0.25, 0.3) is 0 Å². The molecule has 0 N–H and O–H groups in total. The number of carbonyl (C=O) groups excluding carboxylic acids is 3. The van der Waals surface area contributed by atoms with Crippen LogP contribution in [0.5, 0.6) is 0 Å². The number of hydrogen-bond donors (Lipinski definition) is 0. The summed E-state index contributed by atoms with van der Waals surface area (Å²) in [6, 6.07) is 0. The predicted molar refractivity (Wildman–Crippen MR) is 284 cm³/mol. The van der Waals surface area contributed by atoms with E-state index in [2.05, 4.69) is 57.2 Å². The van der Waals surface area contributed by atoms with Gasteiger partial charge in [0.2, 0.25) is 0 Å². The topological polar surface area (TPSA) is 78.9 Å². The highest BCUT2D eigenvalue weighted by Gasteiger charge is 2.19. The Balaban J connectivity index is 3.92. The lowest BCUT2D eigenvalue weighted by atomic mass is 10.0. The van der Waals surface area contributed by atoms with Gasteiger partial charge >= 0.3 is 17.9 Å². The van der Waals surface area contributed by atoms with Crippen LogP contribution < -0.4 is 0 Å². The van der Waals surface area contributed by atoms with E-state index in [1.165, 1.54) is 186 Å². The van der Waals surface area contributed by atoms with Crippen molar-refractivity contribution in [2.24, 2.45) is 0 Å². The summed E-state index contributed by atoms with van der Waals surface area (Å²) in [4.78, 5) is 37.7. The van der Waals surface area contributed by atoms with Crippen LogP contribution >= 0.6 is 0 Å². The van der Waals surface area contributed by atoms with Gasteiger partial charge in [-0.05, 0) is 70.6 Å². The van der Waals surface area contributed by atoms with Crippen molar-refractivity contribution in [1.29, 1.82) is 0 Å². The van der Waals surface area contributed by atoms with Gasteiger partial charge in [-0.2, -0.15) is 0 Å². The molecule has 0 aromatic rings. The lowest BCUT2D eigenvalue weighted by Gasteiger charge is -2.18. The van der Waals surface area contributed by atoms with E-state index in [4.69, 9.17) is 14.2 Å². The molecule has 0 fully saturated rings. The number of ether oxygens (including phenoxy) is 3. The van der Waals surface area contributed by atoms with Crippen molar-refractivity contribution in [3.05, 3.63) is 36.5 Å². The lowest BCUT2D eigenvalue weighted by molar-refractivity contribution is -0.167. The van der Waals surface area contributed by atoms with Crippen LogP contribution in [0.15, 0.2) is 36.5 Å². The van der Waals surface area contributed by atoms with Crippen molar-refractivity contribution in [3.8, 4) is 0 Å². The number of allylic oxidation sites excluding steroid dienone is 6. The summed E-state index contributed by atoms with van der Waals surface area (Å²) in [7, 11) is 0. The molecule has 0 aliphatic rings. The average Bonchev–Trinajstić information content (AvgIpc) is 3.31. The van der Waals surface area contributed by atoms with Gasteiger partial charge in [-0.25, -0.2) is 0 Å². The van der Waals surface area contributed by atoms with Gasteiger partial charge in [-0.1, -0.05) is 256 Å². The summed E-state index contributed by atoms with van der Waals surface area (Å²) < 4.78 is 16.7. The maximum absolute atomic E-state index is 12.7.